The molecule has 1 aromatic carbocycles. The molecule has 0 aliphatic carbocycles. The Balaban J connectivity index is 2.13. The standard InChI is InChI=1S/C14H15N3O4/c1-15-10-5-6-16-11(7-10)9-21-13-4-3-12(17(18)19)8-14(13)20-2/h3-8H,9H2,1-2H3,(H,15,16). The van der Waals surface area contributed by atoms with Crippen molar-refractivity contribution in [3.05, 3.63) is 52.3 Å². The number of aromatic nitrogens is 1. The van der Waals surface area contributed by atoms with Gasteiger partial charge in [0.1, 0.15) is 6.61 Å². The van der Waals surface area contributed by atoms with Gasteiger partial charge in [-0.15, -0.1) is 0 Å². The van der Waals surface area contributed by atoms with Crippen LogP contribution in [0, 0.1) is 10.1 Å². The van der Waals surface area contributed by atoms with Crippen molar-refractivity contribution in [2.24, 2.45) is 0 Å². The van der Waals surface area contributed by atoms with Crippen LogP contribution in [0.15, 0.2) is 36.5 Å². The molecular formula is C14H15N3O4. The van der Waals surface area contributed by atoms with Crippen molar-refractivity contribution in [3.8, 4) is 11.5 Å². The summed E-state index contributed by atoms with van der Waals surface area (Å²) in [5, 5.41) is 13.7. The maximum atomic E-state index is 10.7. The van der Waals surface area contributed by atoms with Crippen molar-refractivity contribution in [2.75, 3.05) is 19.5 Å². The highest BCUT2D eigenvalue weighted by molar-refractivity contribution is 5.48. The van der Waals surface area contributed by atoms with Gasteiger partial charge < -0.3 is 14.8 Å². The van der Waals surface area contributed by atoms with Crippen molar-refractivity contribution in [3.63, 3.8) is 0 Å². The minimum absolute atomic E-state index is 0.0468. The average Bonchev–Trinajstić information content (AvgIpc) is 2.52. The molecule has 1 aromatic heterocycles. The fourth-order valence-corrected chi connectivity index (χ4v) is 1.75. The Morgan fingerprint density at radius 1 is 1.29 bits per heavy atom. The Kier molecular flexibility index (Phi) is 4.55. The third-order valence-corrected chi connectivity index (χ3v) is 2.84. The minimum Gasteiger partial charge on any atom is -0.493 e. The number of nitro benzene ring substituents is 1. The molecule has 2 rings (SSSR count). The van der Waals surface area contributed by atoms with E-state index in [0.717, 1.165) is 11.4 Å². The summed E-state index contributed by atoms with van der Waals surface area (Å²) in [5.74, 6) is 0.744. The van der Waals surface area contributed by atoms with Crippen LogP contribution in [0.25, 0.3) is 0 Å². The summed E-state index contributed by atoms with van der Waals surface area (Å²) in [6, 6.07) is 7.91. The van der Waals surface area contributed by atoms with Crippen molar-refractivity contribution in [1.82, 2.24) is 4.98 Å². The first-order chi connectivity index (χ1) is 10.1. The monoisotopic (exact) mass is 289 g/mol. The first-order valence-electron chi connectivity index (χ1n) is 6.22. The van der Waals surface area contributed by atoms with Crippen LogP contribution in [0.2, 0.25) is 0 Å². The van der Waals surface area contributed by atoms with Gasteiger partial charge in [0.25, 0.3) is 5.69 Å². The highest BCUT2D eigenvalue weighted by atomic mass is 16.6. The molecule has 1 heterocycles. The van der Waals surface area contributed by atoms with E-state index in [4.69, 9.17) is 9.47 Å². The fraction of sp³-hybridized carbons (Fsp3) is 0.214. The van der Waals surface area contributed by atoms with Crippen molar-refractivity contribution >= 4 is 11.4 Å². The second-order valence-corrected chi connectivity index (χ2v) is 4.17. The van der Waals surface area contributed by atoms with Crippen LogP contribution < -0.4 is 14.8 Å². The van der Waals surface area contributed by atoms with Gasteiger partial charge in [0.2, 0.25) is 0 Å². The number of non-ortho nitro benzene ring substituents is 1. The topological polar surface area (TPSA) is 86.5 Å². The molecule has 1 N–H and O–H groups in total. The van der Waals surface area contributed by atoms with E-state index in [1.54, 1.807) is 6.20 Å². The number of anilines is 1. The molecule has 0 fully saturated rings. The lowest BCUT2D eigenvalue weighted by atomic mass is 10.3. The van der Waals surface area contributed by atoms with Gasteiger partial charge in [-0.2, -0.15) is 0 Å². The zero-order valence-corrected chi connectivity index (χ0v) is 11.7. The largest absolute Gasteiger partial charge is 0.493 e. The van der Waals surface area contributed by atoms with Crippen LogP contribution in [0.4, 0.5) is 11.4 Å². The van der Waals surface area contributed by atoms with Gasteiger partial charge in [-0.25, -0.2) is 0 Å². The Hall–Kier alpha value is -2.83. The van der Waals surface area contributed by atoms with Gasteiger partial charge in [0.15, 0.2) is 11.5 Å². The molecule has 21 heavy (non-hydrogen) atoms. The quantitative estimate of drug-likeness (QED) is 0.649. The molecule has 0 radical (unpaired) electrons. The van der Waals surface area contributed by atoms with Gasteiger partial charge in [-0.1, -0.05) is 0 Å². The Labute approximate surface area is 121 Å². The second-order valence-electron chi connectivity index (χ2n) is 4.17. The molecule has 110 valence electrons. The third-order valence-electron chi connectivity index (χ3n) is 2.84. The Bertz CT molecular complexity index is 646. The lowest BCUT2D eigenvalue weighted by Gasteiger charge is -2.10. The summed E-state index contributed by atoms with van der Waals surface area (Å²) in [6.07, 6.45) is 1.68. The molecule has 0 bridgehead atoms. The van der Waals surface area contributed by atoms with E-state index in [9.17, 15) is 10.1 Å². The number of ether oxygens (including phenoxy) is 2. The van der Waals surface area contributed by atoms with Crippen molar-refractivity contribution in [1.29, 1.82) is 0 Å². The van der Waals surface area contributed by atoms with Gasteiger partial charge in [0, 0.05) is 25.0 Å². The molecule has 7 heteroatoms. The van der Waals surface area contributed by atoms with Gasteiger partial charge in [-0.05, 0) is 18.2 Å². The molecule has 2 aromatic rings. The van der Waals surface area contributed by atoms with Crippen LogP contribution in [0.3, 0.4) is 0 Å². The molecule has 0 atom stereocenters. The van der Waals surface area contributed by atoms with Gasteiger partial charge >= 0.3 is 0 Å². The molecule has 0 aliphatic heterocycles. The molecule has 7 nitrogen and oxygen atoms in total. The molecule has 0 aliphatic rings. The molecular weight excluding hydrogens is 274 g/mol. The van der Waals surface area contributed by atoms with Crippen LogP contribution in [0.1, 0.15) is 5.69 Å². The normalized spacial score (nSPS) is 10.0. The number of benzene rings is 1. The molecule has 0 amide bonds. The molecule has 0 spiro atoms. The maximum Gasteiger partial charge on any atom is 0.273 e. The summed E-state index contributed by atoms with van der Waals surface area (Å²) in [7, 11) is 3.26. The van der Waals surface area contributed by atoms with Gasteiger partial charge in [0.05, 0.1) is 23.8 Å². The number of nitrogens with one attached hydrogen (secondary N) is 1. The number of nitro groups is 1. The van der Waals surface area contributed by atoms with Crippen LogP contribution >= 0.6 is 0 Å². The smallest absolute Gasteiger partial charge is 0.273 e. The minimum atomic E-state index is -0.482. The predicted octanol–water partition coefficient (Wildman–Crippen LogP) is 2.62. The van der Waals surface area contributed by atoms with E-state index >= 15 is 0 Å². The molecule has 0 saturated carbocycles. The number of nitrogens with zero attached hydrogens (tertiary/aromatic N) is 2. The number of rotatable bonds is 6. The average molecular weight is 289 g/mol. The molecule has 0 saturated heterocycles. The Morgan fingerprint density at radius 2 is 2.10 bits per heavy atom. The first kappa shape index (κ1) is 14.6. The SMILES string of the molecule is CNc1ccnc(COc2ccc([N+](=O)[O-])cc2OC)c1. The van der Waals surface area contributed by atoms with E-state index < -0.39 is 4.92 Å². The van der Waals surface area contributed by atoms with Gasteiger partial charge in [-0.3, -0.25) is 15.1 Å². The second kappa shape index (κ2) is 6.56. The number of pyridine rings is 1. The Morgan fingerprint density at radius 3 is 2.76 bits per heavy atom. The maximum absolute atomic E-state index is 10.7. The van der Waals surface area contributed by atoms with E-state index in [2.05, 4.69) is 10.3 Å². The number of hydrogen-bond acceptors (Lipinski definition) is 6. The fourth-order valence-electron chi connectivity index (χ4n) is 1.75. The summed E-state index contributed by atoms with van der Waals surface area (Å²) in [6.45, 7) is 0.240. The van der Waals surface area contributed by atoms with Crippen molar-refractivity contribution < 1.29 is 14.4 Å². The lowest BCUT2D eigenvalue weighted by molar-refractivity contribution is -0.385. The van der Waals surface area contributed by atoms with Crippen LogP contribution in [-0.2, 0) is 6.61 Å². The van der Waals surface area contributed by atoms with Crippen LogP contribution in [-0.4, -0.2) is 24.1 Å². The number of hydrogen-bond donors (Lipinski definition) is 1. The first-order valence-corrected chi connectivity index (χ1v) is 6.22. The van der Waals surface area contributed by atoms with E-state index in [1.165, 1.54) is 25.3 Å². The molecule has 0 unspecified atom stereocenters. The lowest BCUT2D eigenvalue weighted by Crippen LogP contribution is -2.01. The zero-order chi connectivity index (χ0) is 15.2. The third kappa shape index (κ3) is 3.59. The van der Waals surface area contributed by atoms with Crippen LogP contribution in [0.5, 0.6) is 11.5 Å². The van der Waals surface area contributed by atoms with E-state index in [0.29, 0.717) is 11.5 Å². The van der Waals surface area contributed by atoms with E-state index in [1.807, 2.05) is 19.2 Å². The number of methoxy groups -OCH3 is 1. The highest BCUT2D eigenvalue weighted by Crippen LogP contribution is 2.31. The summed E-state index contributed by atoms with van der Waals surface area (Å²) in [5.41, 5.74) is 1.62. The highest BCUT2D eigenvalue weighted by Gasteiger charge is 2.12. The zero-order valence-electron chi connectivity index (χ0n) is 11.7. The van der Waals surface area contributed by atoms with Crippen molar-refractivity contribution in [2.45, 2.75) is 6.61 Å². The van der Waals surface area contributed by atoms with E-state index in [-0.39, 0.29) is 12.3 Å². The predicted molar refractivity (Wildman–Crippen MR) is 77.8 cm³/mol. The summed E-state index contributed by atoms with van der Waals surface area (Å²) >= 11 is 0. The summed E-state index contributed by atoms with van der Waals surface area (Å²) < 4.78 is 10.7. The summed E-state index contributed by atoms with van der Waals surface area (Å²) in [4.78, 5) is 14.4.